The SMILES string of the molecule is CN(Cc1cccs1)C(CN)c1ccccc1Br. The van der Waals surface area contributed by atoms with Gasteiger partial charge in [0.25, 0.3) is 0 Å². The third-order valence-corrected chi connectivity index (χ3v) is 4.59. The van der Waals surface area contributed by atoms with Crippen LogP contribution in [0.15, 0.2) is 46.3 Å². The van der Waals surface area contributed by atoms with Gasteiger partial charge < -0.3 is 5.73 Å². The first-order valence-corrected chi connectivity index (χ1v) is 7.56. The third kappa shape index (κ3) is 3.20. The van der Waals surface area contributed by atoms with Gasteiger partial charge in [0.2, 0.25) is 0 Å². The summed E-state index contributed by atoms with van der Waals surface area (Å²) in [5, 5.41) is 2.11. The second kappa shape index (κ2) is 6.48. The largest absolute Gasteiger partial charge is 0.329 e. The van der Waals surface area contributed by atoms with Gasteiger partial charge in [-0.25, -0.2) is 0 Å². The number of nitrogens with two attached hydrogens (primary N) is 1. The Bertz CT molecular complexity index is 484. The van der Waals surface area contributed by atoms with E-state index in [0.717, 1.165) is 11.0 Å². The number of hydrogen-bond acceptors (Lipinski definition) is 3. The Morgan fingerprint density at radius 2 is 2.06 bits per heavy atom. The molecule has 2 N–H and O–H groups in total. The van der Waals surface area contributed by atoms with Gasteiger partial charge in [-0.05, 0) is 30.1 Å². The van der Waals surface area contributed by atoms with E-state index >= 15 is 0 Å². The van der Waals surface area contributed by atoms with E-state index in [1.807, 2.05) is 6.07 Å². The highest BCUT2D eigenvalue weighted by Gasteiger charge is 2.17. The Balaban J connectivity index is 2.16. The Hall–Kier alpha value is -0.680. The fourth-order valence-corrected chi connectivity index (χ4v) is 3.36. The van der Waals surface area contributed by atoms with Crippen LogP contribution in [-0.2, 0) is 6.54 Å². The van der Waals surface area contributed by atoms with E-state index in [9.17, 15) is 0 Å². The molecule has 0 spiro atoms. The maximum atomic E-state index is 5.94. The molecule has 2 nitrogen and oxygen atoms in total. The van der Waals surface area contributed by atoms with Crippen LogP contribution in [0, 0.1) is 0 Å². The third-order valence-electron chi connectivity index (χ3n) is 3.00. The highest BCUT2D eigenvalue weighted by molar-refractivity contribution is 9.10. The number of halogens is 1. The van der Waals surface area contributed by atoms with Gasteiger partial charge in [0.05, 0.1) is 0 Å². The second-order valence-corrected chi connectivity index (χ2v) is 6.15. The molecule has 0 bridgehead atoms. The molecule has 1 unspecified atom stereocenters. The van der Waals surface area contributed by atoms with Crippen LogP contribution >= 0.6 is 27.3 Å². The van der Waals surface area contributed by atoms with E-state index in [2.05, 4.69) is 63.6 Å². The van der Waals surface area contributed by atoms with Crippen LogP contribution in [0.3, 0.4) is 0 Å². The van der Waals surface area contributed by atoms with Gasteiger partial charge in [-0.15, -0.1) is 11.3 Å². The second-order valence-electron chi connectivity index (χ2n) is 4.27. The Morgan fingerprint density at radius 3 is 2.67 bits per heavy atom. The molecule has 0 amide bonds. The van der Waals surface area contributed by atoms with E-state index < -0.39 is 0 Å². The summed E-state index contributed by atoms with van der Waals surface area (Å²) in [7, 11) is 2.12. The Morgan fingerprint density at radius 1 is 1.28 bits per heavy atom. The predicted molar refractivity (Wildman–Crippen MR) is 81.7 cm³/mol. The maximum absolute atomic E-state index is 5.94. The minimum atomic E-state index is 0.239. The van der Waals surface area contributed by atoms with Gasteiger partial charge in [0, 0.05) is 28.5 Å². The number of rotatable bonds is 5. The van der Waals surface area contributed by atoms with Crippen molar-refractivity contribution in [2.24, 2.45) is 5.73 Å². The Labute approximate surface area is 121 Å². The van der Waals surface area contributed by atoms with Gasteiger partial charge >= 0.3 is 0 Å². The van der Waals surface area contributed by atoms with Crippen molar-refractivity contribution in [1.29, 1.82) is 0 Å². The lowest BCUT2D eigenvalue weighted by atomic mass is 10.1. The van der Waals surface area contributed by atoms with E-state index in [1.54, 1.807) is 11.3 Å². The summed E-state index contributed by atoms with van der Waals surface area (Å²) < 4.78 is 1.12. The number of hydrogen-bond donors (Lipinski definition) is 1. The quantitative estimate of drug-likeness (QED) is 0.909. The topological polar surface area (TPSA) is 29.3 Å². The van der Waals surface area contributed by atoms with E-state index in [1.165, 1.54) is 10.4 Å². The molecule has 0 aliphatic heterocycles. The number of nitrogens with zero attached hydrogens (tertiary/aromatic N) is 1. The smallest absolute Gasteiger partial charge is 0.0482 e. The molecule has 96 valence electrons. The van der Waals surface area contributed by atoms with Gasteiger partial charge in [-0.1, -0.05) is 40.2 Å². The summed E-state index contributed by atoms with van der Waals surface area (Å²) in [4.78, 5) is 3.66. The molecular formula is C14H17BrN2S. The number of benzene rings is 1. The molecule has 2 rings (SSSR count). The van der Waals surface area contributed by atoms with Gasteiger partial charge in [-0.3, -0.25) is 4.90 Å². The first-order chi connectivity index (χ1) is 8.72. The molecule has 2 aromatic rings. The fourth-order valence-electron chi connectivity index (χ4n) is 2.05. The summed E-state index contributed by atoms with van der Waals surface area (Å²) in [6.07, 6.45) is 0. The monoisotopic (exact) mass is 324 g/mol. The van der Waals surface area contributed by atoms with Crippen LogP contribution in [0.25, 0.3) is 0 Å². The van der Waals surface area contributed by atoms with Gasteiger partial charge in [0.1, 0.15) is 0 Å². The van der Waals surface area contributed by atoms with Crippen molar-refractivity contribution >= 4 is 27.3 Å². The van der Waals surface area contributed by atoms with Crippen LogP contribution < -0.4 is 5.73 Å². The van der Waals surface area contributed by atoms with Crippen molar-refractivity contribution < 1.29 is 0 Å². The zero-order valence-corrected chi connectivity index (χ0v) is 12.7. The zero-order valence-electron chi connectivity index (χ0n) is 10.3. The summed E-state index contributed by atoms with van der Waals surface area (Å²) in [5.41, 5.74) is 7.19. The molecular weight excluding hydrogens is 308 g/mol. The molecule has 0 aliphatic rings. The van der Waals surface area contributed by atoms with Crippen LogP contribution in [0.2, 0.25) is 0 Å². The molecule has 18 heavy (non-hydrogen) atoms. The maximum Gasteiger partial charge on any atom is 0.0482 e. The molecule has 0 saturated heterocycles. The Kier molecular flexibility index (Phi) is 4.95. The summed E-state index contributed by atoms with van der Waals surface area (Å²) in [5.74, 6) is 0. The minimum absolute atomic E-state index is 0.239. The molecule has 1 atom stereocenters. The molecule has 0 saturated carbocycles. The molecule has 0 fully saturated rings. The van der Waals surface area contributed by atoms with Crippen LogP contribution in [0.5, 0.6) is 0 Å². The standard InChI is InChI=1S/C14H17BrN2S/c1-17(10-11-5-4-8-18-11)14(9-16)12-6-2-3-7-13(12)15/h2-8,14H,9-10,16H2,1H3. The van der Waals surface area contributed by atoms with Crippen molar-refractivity contribution in [2.75, 3.05) is 13.6 Å². The van der Waals surface area contributed by atoms with Crippen molar-refractivity contribution in [2.45, 2.75) is 12.6 Å². The first-order valence-electron chi connectivity index (χ1n) is 5.89. The molecule has 0 aliphatic carbocycles. The molecule has 1 heterocycles. The lowest BCUT2D eigenvalue weighted by molar-refractivity contribution is 0.243. The summed E-state index contributed by atoms with van der Waals surface area (Å²) in [6, 6.07) is 12.8. The van der Waals surface area contributed by atoms with Crippen molar-refractivity contribution in [3.05, 3.63) is 56.7 Å². The van der Waals surface area contributed by atoms with Gasteiger partial charge in [0.15, 0.2) is 0 Å². The minimum Gasteiger partial charge on any atom is -0.329 e. The molecule has 1 aromatic heterocycles. The zero-order chi connectivity index (χ0) is 13.0. The van der Waals surface area contributed by atoms with E-state index in [4.69, 9.17) is 5.73 Å². The van der Waals surface area contributed by atoms with Crippen LogP contribution in [-0.4, -0.2) is 18.5 Å². The molecule has 4 heteroatoms. The lowest BCUT2D eigenvalue weighted by Gasteiger charge is -2.27. The normalized spacial score (nSPS) is 12.9. The van der Waals surface area contributed by atoms with Gasteiger partial charge in [-0.2, -0.15) is 0 Å². The highest BCUT2D eigenvalue weighted by atomic mass is 79.9. The first kappa shape index (κ1) is 13.7. The fraction of sp³-hybridized carbons (Fsp3) is 0.286. The van der Waals surface area contributed by atoms with Crippen molar-refractivity contribution in [3.63, 3.8) is 0 Å². The number of thiophene rings is 1. The van der Waals surface area contributed by atoms with Crippen LogP contribution in [0.4, 0.5) is 0 Å². The molecule has 0 radical (unpaired) electrons. The van der Waals surface area contributed by atoms with E-state index in [0.29, 0.717) is 6.54 Å². The van der Waals surface area contributed by atoms with Crippen molar-refractivity contribution in [3.8, 4) is 0 Å². The molecule has 1 aromatic carbocycles. The summed E-state index contributed by atoms with van der Waals surface area (Å²) >= 11 is 5.39. The number of likely N-dealkylation sites (N-methyl/N-ethyl adjacent to an activating group) is 1. The van der Waals surface area contributed by atoms with Crippen molar-refractivity contribution in [1.82, 2.24) is 4.90 Å². The van der Waals surface area contributed by atoms with Crippen LogP contribution in [0.1, 0.15) is 16.5 Å². The highest BCUT2D eigenvalue weighted by Crippen LogP contribution is 2.27. The average Bonchev–Trinajstić information content (AvgIpc) is 2.85. The predicted octanol–water partition coefficient (Wildman–Crippen LogP) is 3.64. The summed E-state index contributed by atoms with van der Waals surface area (Å²) in [6.45, 7) is 1.55. The van der Waals surface area contributed by atoms with E-state index in [-0.39, 0.29) is 6.04 Å². The lowest BCUT2D eigenvalue weighted by Crippen LogP contribution is -2.30. The average molecular weight is 325 g/mol.